The summed E-state index contributed by atoms with van der Waals surface area (Å²) in [6.45, 7) is 2.08. The predicted molar refractivity (Wildman–Crippen MR) is 107 cm³/mol. The van der Waals surface area contributed by atoms with Gasteiger partial charge in [0.05, 0.1) is 25.1 Å². The molecule has 1 aromatic carbocycles. The topological polar surface area (TPSA) is 73.4 Å². The molecule has 10 heteroatoms. The van der Waals surface area contributed by atoms with Crippen LogP contribution in [0.5, 0.6) is 0 Å². The normalized spacial score (nSPS) is 26.6. The zero-order valence-corrected chi connectivity index (χ0v) is 16.7. The number of hydrogen-bond donors (Lipinski definition) is 1. The standard InChI is InChI=1S/C20H18F4N4OS/c1-10-13-8-30-19(25)28-20(13,9-29-10)12-4-11(2-3-14(12)21)5-15(22)16-6-27-17(7-26-16)18(23)24/h2-7,10,13,18H,8-9H2,1H3,(H2,25,28)/b15-5-. The van der Waals surface area contributed by atoms with Crippen molar-refractivity contribution in [3.8, 4) is 0 Å². The second-order valence-corrected chi connectivity index (χ2v) is 8.21. The van der Waals surface area contributed by atoms with Crippen LogP contribution >= 0.6 is 11.8 Å². The quantitative estimate of drug-likeness (QED) is 0.720. The molecule has 1 aromatic heterocycles. The van der Waals surface area contributed by atoms with Crippen LogP contribution < -0.4 is 5.73 Å². The molecule has 0 amide bonds. The van der Waals surface area contributed by atoms with E-state index in [2.05, 4.69) is 15.0 Å². The molecule has 2 aliphatic rings. The fraction of sp³-hybridized carbons (Fsp3) is 0.350. The number of hydrogen-bond acceptors (Lipinski definition) is 6. The minimum atomic E-state index is -2.79. The van der Waals surface area contributed by atoms with Crippen molar-refractivity contribution in [1.82, 2.24) is 9.97 Å². The number of benzene rings is 1. The number of rotatable bonds is 4. The molecule has 4 rings (SSSR count). The van der Waals surface area contributed by atoms with Crippen LogP contribution in [-0.4, -0.2) is 33.6 Å². The van der Waals surface area contributed by atoms with Gasteiger partial charge in [-0.1, -0.05) is 17.8 Å². The third kappa shape index (κ3) is 3.69. The van der Waals surface area contributed by atoms with E-state index in [0.29, 0.717) is 16.5 Å². The summed E-state index contributed by atoms with van der Waals surface area (Å²) in [6.07, 6.45) is -0.0228. The first-order valence-electron chi connectivity index (χ1n) is 9.17. The molecule has 30 heavy (non-hydrogen) atoms. The van der Waals surface area contributed by atoms with Crippen molar-refractivity contribution < 1.29 is 22.3 Å². The van der Waals surface area contributed by atoms with Gasteiger partial charge in [-0.05, 0) is 30.7 Å². The molecule has 3 atom stereocenters. The van der Waals surface area contributed by atoms with Crippen LogP contribution in [0.3, 0.4) is 0 Å². The van der Waals surface area contributed by atoms with Gasteiger partial charge in [-0.25, -0.2) is 22.6 Å². The lowest BCUT2D eigenvalue weighted by molar-refractivity contribution is 0.107. The van der Waals surface area contributed by atoms with Crippen molar-refractivity contribution >= 4 is 28.8 Å². The van der Waals surface area contributed by atoms with E-state index < -0.39 is 29.3 Å². The Morgan fingerprint density at radius 2 is 2.13 bits per heavy atom. The first kappa shape index (κ1) is 20.8. The van der Waals surface area contributed by atoms with Crippen LogP contribution in [0.2, 0.25) is 0 Å². The fourth-order valence-corrected chi connectivity index (χ4v) is 4.88. The van der Waals surface area contributed by atoms with Crippen molar-refractivity contribution in [2.45, 2.75) is 25.0 Å². The highest BCUT2D eigenvalue weighted by atomic mass is 32.2. The molecular weight excluding hydrogens is 420 g/mol. The minimum absolute atomic E-state index is 0.0823. The number of amidine groups is 1. The van der Waals surface area contributed by atoms with Crippen LogP contribution in [0, 0.1) is 11.7 Å². The molecule has 3 unspecified atom stereocenters. The lowest BCUT2D eigenvalue weighted by atomic mass is 9.78. The largest absolute Gasteiger partial charge is 0.379 e. The molecule has 0 saturated carbocycles. The van der Waals surface area contributed by atoms with E-state index in [1.54, 1.807) is 0 Å². The Hall–Kier alpha value is -2.46. The summed E-state index contributed by atoms with van der Waals surface area (Å²) < 4.78 is 60.4. The molecule has 0 radical (unpaired) electrons. The molecule has 158 valence electrons. The van der Waals surface area contributed by atoms with E-state index in [-0.39, 0.29) is 29.9 Å². The highest BCUT2D eigenvalue weighted by Gasteiger charge is 2.52. The monoisotopic (exact) mass is 438 g/mol. The average molecular weight is 438 g/mol. The second-order valence-electron chi connectivity index (χ2n) is 7.17. The van der Waals surface area contributed by atoms with Crippen molar-refractivity contribution in [3.05, 3.63) is 58.9 Å². The Bertz CT molecular complexity index is 1010. The zero-order valence-electron chi connectivity index (χ0n) is 15.9. The first-order valence-corrected chi connectivity index (χ1v) is 10.2. The molecule has 2 aromatic rings. The first-order chi connectivity index (χ1) is 14.3. The van der Waals surface area contributed by atoms with E-state index in [4.69, 9.17) is 10.5 Å². The molecular formula is C20H18F4N4OS. The van der Waals surface area contributed by atoms with Gasteiger partial charge in [0.15, 0.2) is 11.0 Å². The number of halogens is 4. The molecule has 1 saturated heterocycles. The second kappa shape index (κ2) is 7.99. The Kier molecular flexibility index (Phi) is 5.54. The van der Waals surface area contributed by atoms with Crippen LogP contribution in [0.15, 0.2) is 35.6 Å². The summed E-state index contributed by atoms with van der Waals surface area (Å²) in [7, 11) is 0. The van der Waals surface area contributed by atoms with Crippen molar-refractivity contribution in [3.63, 3.8) is 0 Å². The fourth-order valence-electron chi connectivity index (χ4n) is 3.76. The Labute approximate surface area is 174 Å². The predicted octanol–water partition coefficient (Wildman–Crippen LogP) is 4.31. The summed E-state index contributed by atoms with van der Waals surface area (Å²) >= 11 is 1.40. The molecule has 2 N–H and O–H groups in total. The SMILES string of the molecule is CC1OCC2(c3cc(/C=C(\F)c4cnc(C(F)F)cn4)ccc3F)N=C(N)SCC12. The highest BCUT2D eigenvalue weighted by molar-refractivity contribution is 8.13. The molecule has 0 bridgehead atoms. The molecule has 3 heterocycles. The van der Waals surface area contributed by atoms with Crippen LogP contribution in [0.1, 0.15) is 35.9 Å². The minimum Gasteiger partial charge on any atom is -0.379 e. The van der Waals surface area contributed by atoms with Gasteiger partial charge in [0, 0.05) is 17.2 Å². The lowest BCUT2D eigenvalue weighted by Crippen LogP contribution is -2.41. The van der Waals surface area contributed by atoms with Gasteiger partial charge < -0.3 is 10.5 Å². The average Bonchev–Trinajstić information content (AvgIpc) is 3.06. The molecule has 0 aliphatic carbocycles. The Morgan fingerprint density at radius 3 is 2.83 bits per heavy atom. The van der Waals surface area contributed by atoms with Gasteiger partial charge in [0.25, 0.3) is 6.43 Å². The third-order valence-corrected chi connectivity index (χ3v) is 6.27. The van der Waals surface area contributed by atoms with Gasteiger partial charge in [-0.2, -0.15) is 0 Å². The summed E-state index contributed by atoms with van der Waals surface area (Å²) in [5.74, 6) is -0.717. The number of nitrogens with zero attached hydrogens (tertiary/aromatic N) is 3. The number of aromatic nitrogens is 2. The maximum Gasteiger partial charge on any atom is 0.281 e. The van der Waals surface area contributed by atoms with E-state index in [1.165, 1.54) is 30.0 Å². The smallest absolute Gasteiger partial charge is 0.281 e. The zero-order chi connectivity index (χ0) is 21.5. The molecule has 5 nitrogen and oxygen atoms in total. The number of aliphatic imine (C=N–C) groups is 1. The maximum absolute atomic E-state index is 14.8. The van der Waals surface area contributed by atoms with Crippen molar-refractivity contribution in [2.75, 3.05) is 12.4 Å². The summed E-state index contributed by atoms with van der Waals surface area (Å²) in [5, 5.41) is 0.352. The number of alkyl halides is 2. The lowest BCUT2D eigenvalue weighted by Gasteiger charge is -2.35. The molecule has 0 spiro atoms. The number of fused-ring (bicyclic) bond motifs is 1. The maximum atomic E-state index is 14.8. The number of nitrogens with two attached hydrogens (primary N) is 1. The Balaban J connectivity index is 1.71. The highest BCUT2D eigenvalue weighted by Crippen LogP contribution is 2.48. The van der Waals surface area contributed by atoms with Gasteiger partial charge in [-0.3, -0.25) is 9.97 Å². The van der Waals surface area contributed by atoms with Crippen molar-refractivity contribution in [2.24, 2.45) is 16.6 Å². The summed E-state index contributed by atoms with van der Waals surface area (Å²) in [5.41, 5.74) is 4.86. The summed E-state index contributed by atoms with van der Waals surface area (Å²) in [6, 6.07) is 4.16. The van der Waals surface area contributed by atoms with E-state index in [0.717, 1.165) is 18.5 Å². The third-order valence-electron chi connectivity index (χ3n) is 5.36. The Morgan fingerprint density at radius 1 is 1.33 bits per heavy atom. The van der Waals surface area contributed by atoms with Gasteiger partial charge in [-0.15, -0.1) is 0 Å². The van der Waals surface area contributed by atoms with Gasteiger partial charge >= 0.3 is 0 Å². The van der Waals surface area contributed by atoms with Crippen LogP contribution in [-0.2, 0) is 10.3 Å². The van der Waals surface area contributed by atoms with E-state index in [1.807, 2.05) is 6.92 Å². The molecule has 2 aliphatic heterocycles. The number of thioether (sulfide) groups is 1. The van der Waals surface area contributed by atoms with E-state index >= 15 is 0 Å². The summed E-state index contributed by atoms with van der Waals surface area (Å²) in [4.78, 5) is 11.7. The van der Waals surface area contributed by atoms with Gasteiger partial charge in [0.2, 0.25) is 0 Å². The van der Waals surface area contributed by atoms with Crippen molar-refractivity contribution in [1.29, 1.82) is 0 Å². The number of ether oxygens (including phenoxy) is 1. The van der Waals surface area contributed by atoms with Crippen LogP contribution in [0.4, 0.5) is 17.6 Å². The van der Waals surface area contributed by atoms with E-state index in [9.17, 15) is 17.6 Å². The molecule has 1 fully saturated rings. The van der Waals surface area contributed by atoms with Gasteiger partial charge in [0.1, 0.15) is 22.7 Å². The van der Waals surface area contributed by atoms with Crippen LogP contribution in [0.25, 0.3) is 11.9 Å².